The predicted octanol–water partition coefficient (Wildman–Crippen LogP) is 3.82. The molecule has 0 bridgehead atoms. The maximum Gasteiger partial charge on any atom is 0.273 e. The van der Waals surface area contributed by atoms with Crippen molar-refractivity contribution in [2.24, 2.45) is 0 Å². The Bertz CT molecular complexity index is 1310. The molecule has 8 heteroatoms. The van der Waals surface area contributed by atoms with Crippen molar-refractivity contribution in [3.8, 4) is 5.75 Å². The lowest BCUT2D eigenvalue weighted by molar-refractivity contribution is -0.119. The van der Waals surface area contributed by atoms with E-state index in [0.29, 0.717) is 27.8 Å². The van der Waals surface area contributed by atoms with Gasteiger partial charge in [-0.15, -0.1) is 0 Å². The van der Waals surface area contributed by atoms with Gasteiger partial charge in [0.15, 0.2) is 5.65 Å². The Morgan fingerprint density at radius 2 is 1.97 bits per heavy atom. The summed E-state index contributed by atoms with van der Waals surface area (Å²) in [4.78, 5) is 29.3. The maximum atomic E-state index is 13.1. The number of nitrogens with one attached hydrogen (secondary N) is 1. The molecule has 148 valence electrons. The van der Waals surface area contributed by atoms with E-state index in [1.54, 1.807) is 29.6 Å². The molecule has 1 amide bonds. The smallest absolute Gasteiger partial charge is 0.273 e. The largest absolute Gasteiger partial charge is 0.495 e. The molecule has 0 spiro atoms. The van der Waals surface area contributed by atoms with E-state index in [1.165, 1.54) is 13.2 Å². The summed E-state index contributed by atoms with van der Waals surface area (Å²) < 4.78 is 8.94. The monoisotopic (exact) mass is 410 g/mol. The number of rotatable bonds is 4. The molecule has 0 saturated heterocycles. The van der Waals surface area contributed by atoms with Crippen molar-refractivity contribution in [3.63, 3.8) is 0 Å². The van der Waals surface area contributed by atoms with E-state index < -0.39 is 6.04 Å². The van der Waals surface area contributed by atoms with Crippen molar-refractivity contribution in [1.82, 2.24) is 14.2 Å². The highest BCUT2D eigenvalue weighted by molar-refractivity contribution is 6.31. The summed E-state index contributed by atoms with van der Waals surface area (Å²) in [6, 6.07) is 13.4. The van der Waals surface area contributed by atoms with Gasteiger partial charge in [0.25, 0.3) is 5.56 Å². The number of fused-ring (bicyclic) bond motifs is 3. The number of carbonyl (C=O) groups is 1. The molecule has 1 N–H and O–H groups in total. The first kappa shape index (κ1) is 19.0. The molecule has 2 aromatic heterocycles. The van der Waals surface area contributed by atoms with Gasteiger partial charge in [-0.25, -0.2) is 4.52 Å². The number of hydrogen-bond acceptors (Lipinski definition) is 4. The third-order valence-electron chi connectivity index (χ3n) is 4.86. The number of nitrogens with zero attached hydrogens (tertiary/aromatic N) is 3. The molecule has 2 heterocycles. The molecule has 29 heavy (non-hydrogen) atoms. The van der Waals surface area contributed by atoms with E-state index in [2.05, 4.69) is 10.3 Å². The molecule has 2 aromatic carbocycles. The standard InChI is InChI=1S/C21H19ClN4O3/c1-12-10-19(27)24-20-15-6-4-5-7-17(15)26(25(12)20)13(2)21(28)23-16-11-14(22)8-9-18(16)29-3/h4-11,13H,1-3H3,(H,23,28). The second kappa shape index (κ2) is 7.25. The Balaban J connectivity index is 1.85. The highest BCUT2D eigenvalue weighted by atomic mass is 35.5. The number of amides is 1. The Hall–Kier alpha value is -3.32. The van der Waals surface area contributed by atoms with Gasteiger partial charge in [-0.3, -0.25) is 14.3 Å². The van der Waals surface area contributed by atoms with Crippen LogP contribution in [-0.4, -0.2) is 27.2 Å². The molecule has 0 aliphatic rings. The first-order valence-corrected chi connectivity index (χ1v) is 9.42. The zero-order valence-corrected chi connectivity index (χ0v) is 16.9. The normalized spacial score (nSPS) is 12.3. The number of hydrogen-bond donors (Lipinski definition) is 1. The van der Waals surface area contributed by atoms with Crippen LogP contribution in [0.5, 0.6) is 5.75 Å². The van der Waals surface area contributed by atoms with E-state index in [9.17, 15) is 9.59 Å². The molecule has 1 unspecified atom stereocenters. The molecule has 1 atom stereocenters. The summed E-state index contributed by atoms with van der Waals surface area (Å²) in [5, 5.41) is 4.17. The molecular weight excluding hydrogens is 392 g/mol. The number of anilines is 1. The molecule has 4 aromatic rings. The second-order valence-corrected chi connectivity index (χ2v) is 7.18. The second-order valence-electron chi connectivity index (χ2n) is 6.74. The van der Waals surface area contributed by atoms with Crippen LogP contribution < -0.4 is 15.6 Å². The van der Waals surface area contributed by atoms with Crippen molar-refractivity contribution in [2.75, 3.05) is 12.4 Å². The van der Waals surface area contributed by atoms with Gasteiger partial charge in [0.2, 0.25) is 5.91 Å². The van der Waals surface area contributed by atoms with Crippen LogP contribution in [-0.2, 0) is 4.79 Å². The van der Waals surface area contributed by atoms with E-state index >= 15 is 0 Å². The summed E-state index contributed by atoms with van der Waals surface area (Å²) in [5.41, 5.74) is 2.18. The molecule has 7 nitrogen and oxygen atoms in total. The van der Waals surface area contributed by atoms with E-state index in [4.69, 9.17) is 16.3 Å². The summed E-state index contributed by atoms with van der Waals surface area (Å²) in [6.07, 6.45) is 0. The molecule has 4 rings (SSSR count). The van der Waals surface area contributed by atoms with Crippen molar-refractivity contribution in [3.05, 3.63) is 69.6 Å². The van der Waals surface area contributed by atoms with Gasteiger partial charge in [0.1, 0.15) is 11.8 Å². The Kier molecular flexibility index (Phi) is 4.76. The third-order valence-corrected chi connectivity index (χ3v) is 5.09. The topological polar surface area (TPSA) is 77.6 Å². The van der Waals surface area contributed by atoms with Crippen molar-refractivity contribution in [1.29, 1.82) is 0 Å². The number of methoxy groups -OCH3 is 1. The number of aryl methyl sites for hydroxylation is 1. The predicted molar refractivity (Wildman–Crippen MR) is 113 cm³/mol. The first-order chi connectivity index (χ1) is 13.9. The quantitative estimate of drug-likeness (QED) is 0.554. The Morgan fingerprint density at radius 1 is 1.21 bits per heavy atom. The fourth-order valence-corrected chi connectivity index (χ4v) is 3.69. The highest BCUT2D eigenvalue weighted by Crippen LogP contribution is 2.30. The van der Waals surface area contributed by atoms with Crippen molar-refractivity contribution in [2.45, 2.75) is 19.9 Å². The summed E-state index contributed by atoms with van der Waals surface area (Å²) >= 11 is 6.07. The van der Waals surface area contributed by atoms with Crippen molar-refractivity contribution < 1.29 is 9.53 Å². The lowest BCUT2D eigenvalue weighted by atomic mass is 10.2. The van der Waals surface area contributed by atoms with Gasteiger partial charge in [-0.1, -0.05) is 23.7 Å². The van der Waals surface area contributed by atoms with E-state index in [0.717, 1.165) is 10.9 Å². The number of aromatic nitrogens is 3. The van der Waals surface area contributed by atoms with E-state index in [-0.39, 0.29) is 11.5 Å². The number of halogens is 1. The summed E-state index contributed by atoms with van der Waals surface area (Å²) in [6.45, 7) is 3.60. The molecule has 0 saturated carbocycles. The minimum atomic E-state index is -0.607. The number of ether oxygens (including phenoxy) is 1. The first-order valence-electron chi connectivity index (χ1n) is 9.04. The minimum Gasteiger partial charge on any atom is -0.495 e. The minimum absolute atomic E-state index is 0.258. The van der Waals surface area contributed by atoms with Crippen LogP contribution in [0.1, 0.15) is 18.7 Å². The zero-order valence-electron chi connectivity index (χ0n) is 16.1. The highest BCUT2D eigenvalue weighted by Gasteiger charge is 2.23. The lowest BCUT2D eigenvalue weighted by Gasteiger charge is -2.19. The van der Waals surface area contributed by atoms with Gasteiger partial charge in [0.05, 0.1) is 18.3 Å². The molecule has 0 radical (unpaired) electrons. The molecular formula is C21H19ClN4O3. The number of benzene rings is 2. The third kappa shape index (κ3) is 3.23. The van der Waals surface area contributed by atoms with Gasteiger partial charge in [0, 0.05) is 22.2 Å². The summed E-state index contributed by atoms with van der Waals surface area (Å²) in [5.74, 6) is 0.255. The van der Waals surface area contributed by atoms with Crippen molar-refractivity contribution >= 4 is 39.7 Å². The molecule has 0 aliphatic carbocycles. The van der Waals surface area contributed by atoms with Gasteiger partial charge in [-0.05, 0) is 44.2 Å². The molecule has 0 aliphatic heterocycles. The van der Waals surface area contributed by atoms with Gasteiger partial charge >= 0.3 is 0 Å². The van der Waals surface area contributed by atoms with Crippen LogP contribution in [0.3, 0.4) is 0 Å². The Labute approximate surface area is 171 Å². The fourth-order valence-electron chi connectivity index (χ4n) is 3.52. The number of para-hydroxylation sites is 1. The maximum absolute atomic E-state index is 13.1. The molecule has 0 fully saturated rings. The number of carbonyl (C=O) groups excluding carboxylic acids is 1. The van der Waals surface area contributed by atoms with Crippen LogP contribution >= 0.6 is 11.6 Å². The van der Waals surface area contributed by atoms with Crippen LogP contribution in [0.25, 0.3) is 16.6 Å². The average Bonchev–Trinajstić information content (AvgIpc) is 3.02. The van der Waals surface area contributed by atoms with E-state index in [1.807, 2.05) is 35.9 Å². The fraction of sp³-hybridized carbons (Fsp3) is 0.190. The average molecular weight is 411 g/mol. The lowest BCUT2D eigenvalue weighted by Crippen LogP contribution is -2.27. The Morgan fingerprint density at radius 3 is 2.72 bits per heavy atom. The van der Waals surface area contributed by atoms with Crippen LogP contribution in [0.4, 0.5) is 5.69 Å². The van der Waals surface area contributed by atoms with Gasteiger partial charge in [-0.2, -0.15) is 4.98 Å². The SMILES string of the molecule is COc1ccc(Cl)cc1NC(=O)C(C)n1c2ccccc2c2nc(=O)cc(C)n21. The summed E-state index contributed by atoms with van der Waals surface area (Å²) in [7, 11) is 1.53. The van der Waals surface area contributed by atoms with Crippen LogP contribution in [0.15, 0.2) is 53.3 Å². The van der Waals surface area contributed by atoms with Gasteiger partial charge < -0.3 is 10.1 Å². The zero-order chi connectivity index (χ0) is 20.7. The van der Waals surface area contributed by atoms with Crippen LogP contribution in [0.2, 0.25) is 5.02 Å². The van der Waals surface area contributed by atoms with Crippen LogP contribution in [0, 0.1) is 6.92 Å².